The van der Waals surface area contributed by atoms with Crippen molar-refractivity contribution in [3.63, 3.8) is 0 Å². The zero-order valence-electron chi connectivity index (χ0n) is 12.2. The number of halogens is 1. The topological polar surface area (TPSA) is 55.1 Å². The Morgan fingerprint density at radius 2 is 1.67 bits per heavy atom. The summed E-state index contributed by atoms with van der Waals surface area (Å²) in [6, 6.07) is 11.4. The predicted molar refractivity (Wildman–Crippen MR) is 91.7 cm³/mol. The molecule has 3 N–H and O–H groups in total. The Hall–Kier alpha value is -1.81. The van der Waals surface area contributed by atoms with E-state index in [1.807, 2.05) is 18.2 Å². The van der Waals surface area contributed by atoms with Crippen molar-refractivity contribution in [2.75, 3.05) is 11.1 Å². The number of para-hydroxylation sites is 1. The fraction of sp³-hybridized carbons (Fsp3) is 0.235. The molecule has 2 aromatic carbocycles. The van der Waals surface area contributed by atoms with Crippen LogP contribution < -0.4 is 11.1 Å². The maximum absolute atomic E-state index is 12.5. The average Bonchev–Trinajstić information content (AvgIpc) is 2.50. The second-order valence-corrected chi connectivity index (χ2v) is 5.61. The minimum atomic E-state index is -0.148. The van der Waals surface area contributed by atoms with Crippen LogP contribution in [0.2, 0.25) is 0 Å². The van der Waals surface area contributed by atoms with Crippen LogP contribution in [-0.2, 0) is 12.8 Å². The summed E-state index contributed by atoms with van der Waals surface area (Å²) in [4.78, 5) is 12.5. The molecule has 0 radical (unpaired) electrons. The molecule has 0 atom stereocenters. The van der Waals surface area contributed by atoms with Gasteiger partial charge in [0.15, 0.2) is 0 Å². The van der Waals surface area contributed by atoms with E-state index in [1.165, 1.54) is 0 Å². The van der Waals surface area contributed by atoms with Gasteiger partial charge in [-0.2, -0.15) is 0 Å². The lowest BCUT2D eigenvalue weighted by Crippen LogP contribution is -2.15. The normalized spacial score (nSPS) is 10.4. The molecular weight excluding hydrogens is 328 g/mol. The number of hydrogen-bond donors (Lipinski definition) is 2. The first-order valence-corrected chi connectivity index (χ1v) is 7.83. The number of nitrogens with one attached hydrogen (secondary N) is 1. The van der Waals surface area contributed by atoms with Gasteiger partial charge in [-0.15, -0.1) is 0 Å². The van der Waals surface area contributed by atoms with Gasteiger partial charge in [0.05, 0.1) is 10.0 Å². The molecule has 2 aromatic rings. The number of rotatable bonds is 4. The van der Waals surface area contributed by atoms with Gasteiger partial charge in [0.25, 0.3) is 5.91 Å². The fourth-order valence-electron chi connectivity index (χ4n) is 2.31. The van der Waals surface area contributed by atoms with Crippen LogP contribution in [0.4, 0.5) is 11.4 Å². The summed E-state index contributed by atoms with van der Waals surface area (Å²) in [5.74, 6) is -0.148. The number of hydrogen-bond acceptors (Lipinski definition) is 2. The van der Waals surface area contributed by atoms with Gasteiger partial charge in [0.1, 0.15) is 0 Å². The molecule has 1 amide bonds. The number of carbonyl (C=O) groups is 1. The third-order valence-corrected chi connectivity index (χ3v) is 4.40. The van der Waals surface area contributed by atoms with Gasteiger partial charge in [-0.3, -0.25) is 4.79 Å². The second-order valence-electron chi connectivity index (χ2n) is 4.82. The summed E-state index contributed by atoms with van der Waals surface area (Å²) in [7, 11) is 0. The Kier molecular flexibility index (Phi) is 5.02. The van der Waals surface area contributed by atoms with Crippen molar-refractivity contribution in [2.24, 2.45) is 0 Å². The molecule has 21 heavy (non-hydrogen) atoms. The number of anilines is 2. The van der Waals surface area contributed by atoms with E-state index < -0.39 is 0 Å². The van der Waals surface area contributed by atoms with E-state index >= 15 is 0 Å². The molecule has 0 saturated carbocycles. The van der Waals surface area contributed by atoms with Crippen LogP contribution in [0.5, 0.6) is 0 Å². The van der Waals surface area contributed by atoms with Gasteiger partial charge in [-0.05, 0) is 52.0 Å². The maximum Gasteiger partial charge on any atom is 0.256 e. The molecule has 0 bridgehead atoms. The third-order valence-electron chi connectivity index (χ3n) is 3.51. The lowest BCUT2D eigenvalue weighted by molar-refractivity contribution is 0.102. The number of carbonyl (C=O) groups excluding carboxylic acids is 1. The highest BCUT2D eigenvalue weighted by Gasteiger charge is 2.15. The molecule has 0 heterocycles. The standard InChI is InChI=1S/C17H19BrN2O/c1-3-11-7-5-8-12(4-2)16(11)20-17(21)13-9-6-10-14(19)15(13)18/h5-10H,3-4,19H2,1-2H3,(H,20,21). The molecule has 3 nitrogen and oxygen atoms in total. The minimum absolute atomic E-state index is 0.148. The summed E-state index contributed by atoms with van der Waals surface area (Å²) in [5, 5.41) is 3.04. The molecular formula is C17H19BrN2O. The number of amides is 1. The molecule has 0 spiro atoms. The van der Waals surface area contributed by atoms with Crippen molar-refractivity contribution in [2.45, 2.75) is 26.7 Å². The second kappa shape index (κ2) is 6.76. The van der Waals surface area contributed by atoms with E-state index in [9.17, 15) is 4.79 Å². The average molecular weight is 347 g/mol. The Bertz CT molecular complexity index is 646. The van der Waals surface area contributed by atoms with Gasteiger partial charge in [-0.1, -0.05) is 38.1 Å². The molecule has 4 heteroatoms. The summed E-state index contributed by atoms with van der Waals surface area (Å²) >= 11 is 3.38. The molecule has 110 valence electrons. The third kappa shape index (κ3) is 3.27. The van der Waals surface area contributed by atoms with Gasteiger partial charge >= 0.3 is 0 Å². The van der Waals surface area contributed by atoms with Crippen molar-refractivity contribution in [3.05, 3.63) is 57.6 Å². The van der Waals surface area contributed by atoms with Gasteiger partial charge in [-0.25, -0.2) is 0 Å². The van der Waals surface area contributed by atoms with Crippen molar-refractivity contribution < 1.29 is 4.79 Å². The fourth-order valence-corrected chi connectivity index (χ4v) is 2.75. The summed E-state index contributed by atoms with van der Waals surface area (Å²) in [6.45, 7) is 4.17. The van der Waals surface area contributed by atoms with Crippen LogP contribution in [0.15, 0.2) is 40.9 Å². The quantitative estimate of drug-likeness (QED) is 0.805. The molecule has 2 rings (SSSR count). The summed E-state index contributed by atoms with van der Waals surface area (Å²) in [6.07, 6.45) is 1.75. The van der Waals surface area contributed by atoms with E-state index in [2.05, 4.69) is 35.1 Å². The van der Waals surface area contributed by atoms with E-state index in [1.54, 1.807) is 18.2 Å². The highest BCUT2D eigenvalue weighted by Crippen LogP contribution is 2.27. The van der Waals surface area contributed by atoms with Gasteiger partial charge < -0.3 is 11.1 Å². The van der Waals surface area contributed by atoms with Crippen molar-refractivity contribution in [1.29, 1.82) is 0 Å². The zero-order chi connectivity index (χ0) is 15.4. The maximum atomic E-state index is 12.5. The summed E-state index contributed by atoms with van der Waals surface area (Å²) < 4.78 is 0.634. The van der Waals surface area contributed by atoms with Crippen LogP contribution in [0.1, 0.15) is 35.3 Å². The smallest absolute Gasteiger partial charge is 0.256 e. The van der Waals surface area contributed by atoms with Gasteiger partial charge in [0, 0.05) is 11.4 Å². The first kappa shape index (κ1) is 15.6. The number of nitrogens with two attached hydrogens (primary N) is 1. The van der Waals surface area contributed by atoms with E-state index in [4.69, 9.17) is 5.73 Å². The van der Waals surface area contributed by atoms with Crippen molar-refractivity contribution in [3.8, 4) is 0 Å². The first-order valence-electron chi connectivity index (χ1n) is 7.04. The Morgan fingerprint density at radius 3 is 2.24 bits per heavy atom. The largest absolute Gasteiger partial charge is 0.398 e. The molecule has 0 aliphatic rings. The summed E-state index contributed by atoms with van der Waals surface area (Å²) in [5.41, 5.74) is 10.1. The van der Waals surface area contributed by atoms with Crippen LogP contribution >= 0.6 is 15.9 Å². The molecule has 0 saturated heterocycles. The van der Waals surface area contributed by atoms with Crippen LogP contribution in [0.25, 0.3) is 0 Å². The van der Waals surface area contributed by atoms with Crippen molar-refractivity contribution in [1.82, 2.24) is 0 Å². The van der Waals surface area contributed by atoms with Crippen LogP contribution in [0.3, 0.4) is 0 Å². The minimum Gasteiger partial charge on any atom is -0.398 e. The number of nitrogen functional groups attached to an aromatic ring is 1. The zero-order valence-corrected chi connectivity index (χ0v) is 13.8. The predicted octanol–water partition coefficient (Wildman–Crippen LogP) is 4.41. The Labute approximate surface area is 133 Å². The molecule has 0 aliphatic carbocycles. The SMILES string of the molecule is CCc1cccc(CC)c1NC(=O)c1cccc(N)c1Br. The highest BCUT2D eigenvalue weighted by molar-refractivity contribution is 9.10. The first-order chi connectivity index (χ1) is 10.1. The Balaban J connectivity index is 2.38. The molecule has 0 unspecified atom stereocenters. The van der Waals surface area contributed by atoms with Crippen LogP contribution in [-0.4, -0.2) is 5.91 Å². The van der Waals surface area contributed by atoms with E-state index in [0.717, 1.165) is 29.7 Å². The van der Waals surface area contributed by atoms with Gasteiger partial charge in [0.2, 0.25) is 0 Å². The number of benzene rings is 2. The monoisotopic (exact) mass is 346 g/mol. The van der Waals surface area contributed by atoms with Crippen molar-refractivity contribution >= 4 is 33.2 Å². The molecule has 0 aliphatic heterocycles. The lowest BCUT2D eigenvalue weighted by Gasteiger charge is -2.15. The Morgan fingerprint density at radius 1 is 1.10 bits per heavy atom. The lowest BCUT2D eigenvalue weighted by atomic mass is 10.0. The van der Waals surface area contributed by atoms with E-state index in [0.29, 0.717) is 15.7 Å². The number of aryl methyl sites for hydroxylation is 2. The molecule has 0 aromatic heterocycles. The molecule has 0 fully saturated rings. The highest BCUT2D eigenvalue weighted by atomic mass is 79.9. The van der Waals surface area contributed by atoms with E-state index in [-0.39, 0.29) is 5.91 Å². The van der Waals surface area contributed by atoms with Crippen LogP contribution in [0, 0.1) is 0 Å².